The molecule has 1 heterocycles. The maximum atomic E-state index is 10.7. The molecule has 0 saturated heterocycles. The molecule has 8 heteroatoms. The van der Waals surface area contributed by atoms with Gasteiger partial charge in [0.25, 0.3) is 5.69 Å². The molecule has 0 atom stereocenters. The van der Waals surface area contributed by atoms with Crippen LogP contribution >= 0.6 is 0 Å². The van der Waals surface area contributed by atoms with E-state index in [0.717, 1.165) is 6.20 Å². The van der Waals surface area contributed by atoms with Gasteiger partial charge >= 0.3 is 5.97 Å². The summed E-state index contributed by atoms with van der Waals surface area (Å²) in [5.41, 5.74) is -0.141. The van der Waals surface area contributed by atoms with E-state index in [9.17, 15) is 14.9 Å². The van der Waals surface area contributed by atoms with Gasteiger partial charge in [0.15, 0.2) is 0 Å². The standard InChI is InChI=1S/C13H16N4O4/c1-9(2)16(5-3-4-12(18)19)13-10(7-14)6-11(8-15-13)17(20)21/h6,8-9H,3-5H2,1-2H3,(H,18,19). The number of carboxylic acid groups (broad SMARTS) is 1. The van der Waals surface area contributed by atoms with Crippen LogP contribution in [-0.2, 0) is 4.79 Å². The van der Waals surface area contributed by atoms with Crippen LogP contribution in [0.4, 0.5) is 11.5 Å². The first-order valence-corrected chi connectivity index (χ1v) is 6.39. The third-order valence-electron chi connectivity index (χ3n) is 2.87. The van der Waals surface area contributed by atoms with E-state index in [2.05, 4.69) is 4.98 Å². The van der Waals surface area contributed by atoms with Crippen molar-refractivity contribution in [1.82, 2.24) is 4.98 Å². The van der Waals surface area contributed by atoms with Crippen LogP contribution < -0.4 is 4.90 Å². The van der Waals surface area contributed by atoms with Crippen LogP contribution in [0.1, 0.15) is 32.3 Å². The normalized spacial score (nSPS) is 10.2. The first kappa shape index (κ1) is 16.4. The molecule has 1 aromatic rings. The van der Waals surface area contributed by atoms with Crippen molar-refractivity contribution in [3.63, 3.8) is 0 Å². The number of nitrogens with zero attached hydrogens (tertiary/aromatic N) is 4. The summed E-state index contributed by atoms with van der Waals surface area (Å²) in [7, 11) is 0. The fraction of sp³-hybridized carbons (Fsp3) is 0.462. The van der Waals surface area contributed by atoms with E-state index in [-0.39, 0.29) is 23.7 Å². The number of hydrogen-bond acceptors (Lipinski definition) is 6. The fourth-order valence-electron chi connectivity index (χ4n) is 1.87. The molecule has 0 spiro atoms. The number of aliphatic carboxylic acids is 1. The first-order chi connectivity index (χ1) is 9.86. The minimum atomic E-state index is -0.893. The molecule has 0 aliphatic rings. The number of anilines is 1. The molecule has 0 aliphatic carbocycles. The summed E-state index contributed by atoms with van der Waals surface area (Å²) in [6.45, 7) is 4.17. The van der Waals surface area contributed by atoms with Crippen molar-refractivity contribution < 1.29 is 14.8 Å². The summed E-state index contributed by atoms with van der Waals surface area (Å²) >= 11 is 0. The molecule has 0 aromatic carbocycles. The zero-order valence-corrected chi connectivity index (χ0v) is 11.8. The Morgan fingerprint density at radius 2 is 2.29 bits per heavy atom. The highest BCUT2D eigenvalue weighted by Gasteiger charge is 2.19. The molecule has 1 N–H and O–H groups in total. The summed E-state index contributed by atoms with van der Waals surface area (Å²) < 4.78 is 0. The van der Waals surface area contributed by atoms with E-state index < -0.39 is 10.9 Å². The van der Waals surface area contributed by atoms with Gasteiger partial charge in [-0.25, -0.2) is 4.98 Å². The Labute approximate surface area is 121 Å². The van der Waals surface area contributed by atoms with Crippen LogP contribution in [0.15, 0.2) is 12.3 Å². The monoisotopic (exact) mass is 292 g/mol. The molecule has 1 rings (SSSR count). The van der Waals surface area contributed by atoms with Gasteiger partial charge in [0, 0.05) is 25.1 Å². The van der Waals surface area contributed by atoms with Crippen LogP contribution in [0.5, 0.6) is 0 Å². The summed E-state index contributed by atoms with van der Waals surface area (Å²) in [5, 5.41) is 28.5. The third kappa shape index (κ3) is 4.42. The Balaban J connectivity index is 3.05. The van der Waals surface area contributed by atoms with Gasteiger partial charge in [-0.3, -0.25) is 14.9 Å². The molecule has 21 heavy (non-hydrogen) atoms. The lowest BCUT2D eigenvalue weighted by Gasteiger charge is -2.28. The lowest BCUT2D eigenvalue weighted by atomic mass is 10.2. The Kier molecular flexibility index (Phi) is 5.60. The number of rotatable bonds is 7. The zero-order chi connectivity index (χ0) is 16.0. The van der Waals surface area contributed by atoms with Gasteiger partial charge < -0.3 is 10.0 Å². The fourth-order valence-corrected chi connectivity index (χ4v) is 1.87. The van der Waals surface area contributed by atoms with Crippen molar-refractivity contribution in [2.75, 3.05) is 11.4 Å². The van der Waals surface area contributed by atoms with Crippen LogP contribution in [0, 0.1) is 21.4 Å². The van der Waals surface area contributed by atoms with E-state index in [0.29, 0.717) is 18.8 Å². The number of nitro groups is 1. The van der Waals surface area contributed by atoms with Crippen molar-refractivity contribution in [1.29, 1.82) is 5.26 Å². The second-order valence-electron chi connectivity index (χ2n) is 4.72. The first-order valence-electron chi connectivity index (χ1n) is 6.39. The molecule has 0 radical (unpaired) electrons. The van der Waals surface area contributed by atoms with Crippen molar-refractivity contribution in [2.45, 2.75) is 32.7 Å². The number of hydrogen-bond donors (Lipinski definition) is 1. The van der Waals surface area contributed by atoms with Gasteiger partial charge in [0.2, 0.25) is 0 Å². The van der Waals surface area contributed by atoms with Crippen molar-refractivity contribution in [2.24, 2.45) is 0 Å². The van der Waals surface area contributed by atoms with Gasteiger partial charge in [0.05, 0.1) is 4.92 Å². The Morgan fingerprint density at radius 1 is 1.62 bits per heavy atom. The maximum absolute atomic E-state index is 10.7. The van der Waals surface area contributed by atoms with E-state index in [4.69, 9.17) is 10.4 Å². The number of carboxylic acids is 1. The minimum Gasteiger partial charge on any atom is -0.481 e. The molecule has 0 aliphatic heterocycles. The summed E-state index contributed by atoms with van der Waals surface area (Å²) in [6.07, 6.45) is 1.51. The predicted molar refractivity (Wildman–Crippen MR) is 75.0 cm³/mol. The largest absolute Gasteiger partial charge is 0.481 e. The Morgan fingerprint density at radius 3 is 2.76 bits per heavy atom. The highest BCUT2D eigenvalue weighted by atomic mass is 16.6. The smallest absolute Gasteiger partial charge is 0.303 e. The SMILES string of the molecule is CC(C)N(CCCC(=O)O)c1ncc([N+](=O)[O-])cc1C#N. The summed E-state index contributed by atoms with van der Waals surface area (Å²) in [4.78, 5) is 26.4. The molecule has 1 aromatic heterocycles. The van der Waals surface area contributed by atoms with Gasteiger partial charge in [-0.2, -0.15) is 5.26 Å². The van der Waals surface area contributed by atoms with Crippen molar-refractivity contribution in [3.8, 4) is 6.07 Å². The number of pyridine rings is 1. The van der Waals surface area contributed by atoms with Crippen molar-refractivity contribution in [3.05, 3.63) is 27.9 Å². The second-order valence-corrected chi connectivity index (χ2v) is 4.72. The van der Waals surface area contributed by atoms with Gasteiger partial charge in [-0.1, -0.05) is 0 Å². The zero-order valence-electron chi connectivity index (χ0n) is 11.8. The number of aromatic nitrogens is 1. The second kappa shape index (κ2) is 7.19. The van der Waals surface area contributed by atoms with Gasteiger partial charge in [-0.15, -0.1) is 0 Å². The van der Waals surface area contributed by atoms with Crippen LogP contribution in [-0.4, -0.2) is 33.6 Å². The van der Waals surface area contributed by atoms with E-state index in [1.165, 1.54) is 6.07 Å². The molecule has 0 bridgehead atoms. The van der Waals surface area contributed by atoms with E-state index in [1.807, 2.05) is 19.9 Å². The molecule has 112 valence electrons. The average Bonchev–Trinajstić information content (AvgIpc) is 2.42. The number of carbonyl (C=O) groups is 1. The molecule has 0 unspecified atom stereocenters. The Bertz CT molecular complexity index is 580. The van der Waals surface area contributed by atoms with Gasteiger partial charge in [-0.05, 0) is 20.3 Å². The molecular formula is C13H16N4O4. The molecule has 8 nitrogen and oxygen atoms in total. The molecule has 0 amide bonds. The Hall–Kier alpha value is -2.69. The molecular weight excluding hydrogens is 276 g/mol. The molecule has 0 fully saturated rings. The highest BCUT2D eigenvalue weighted by Crippen LogP contribution is 2.23. The molecule has 0 saturated carbocycles. The maximum Gasteiger partial charge on any atom is 0.303 e. The lowest BCUT2D eigenvalue weighted by molar-refractivity contribution is -0.385. The van der Waals surface area contributed by atoms with Crippen LogP contribution in [0.25, 0.3) is 0 Å². The predicted octanol–water partition coefficient (Wildman–Crippen LogP) is 1.94. The minimum absolute atomic E-state index is 0.0120. The lowest BCUT2D eigenvalue weighted by Crippen LogP contribution is -2.33. The summed E-state index contributed by atoms with van der Waals surface area (Å²) in [6, 6.07) is 3.06. The quantitative estimate of drug-likeness (QED) is 0.602. The average molecular weight is 292 g/mol. The van der Waals surface area contributed by atoms with Crippen molar-refractivity contribution >= 4 is 17.5 Å². The third-order valence-corrected chi connectivity index (χ3v) is 2.87. The van der Waals surface area contributed by atoms with Crippen LogP contribution in [0.3, 0.4) is 0 Å². The van der Waals surface area contributed by atoms with E-state index >= 15 is 0 Å². The van der Waals surface area contributed by atoms with E-state index in [1.54, 1.807) is 4.90 Å². The summed E-state index contributed by atoms with van der Waals surface area (Å²) in [5.74, 6) is -0.556. The van der Waals surface area contributed by atoms with Crippen LogP contribution in [0.2, 0.25) is 0 Å². The number of nitriles is 1. The van der Waals surface area contributed by atoms with Gasteiger partial charge in [0.1, 0.15) is 23.6 Å². The highest BCUT2D eigenvalue weighted by molar-refractivity contribution is 5.66. The topological polar surface area (TPSA) is 120 Å².